The molecular formula is C93H72N2. The number of nitrogens with zero attached hydrogens (tertiary/aromatic N) is 2. The second-order valence-corrected chi connectivity index (χ2v) is 27.8. The van der Waals surface area contributed by atoms with Crippen LogP contribution in [0.1, 0.15) is 97.2 Å². The van der Waals surface area contributed by atoms with Crippen LogP contribution in [0.3, 0.4) is 0 Å². The monoisotopic (exact) mass is 1220 g/mol. The van der Waals surface area contributed by atoms with Gasteiger partial charge in [0.15, 0.2) is 0 Å². The van der Waals surface area contributed by atoms with Crippen molar-refractivity contribution in [1.82, 2.24) is 0 Å². The van der Waals surface area contributed by atoms with Gasteiger partial charge < -0.3 is 9.80 Å². The lowest BCUT2D eigenvalue weighted by Crippen LogP contribution is -2.16. The van der Waals surface area contributed by atoms with Gasteiger partial charge in [0.2, 0.25) is 0 Å². The molecule has 17 rings (SSSR count). The van der Waals surface area contributed by atoms with Gasteiger partial charge in [-0.1, -0.05) is 296 Å². The van der Waals surface area contributed by atoms with Crippen LogP contribution in [0, 0.1) is 0 Å². The van der Waals surface area contributed by atoms with Crippen molar-refractivity contribution in [3.8, 4) is 55.6 Å². The lowest BCUT2D eigenvalue weighted by atomic mass is 9.81. The van der Waals surface area contributed by atoms with Crippen LogP contribution in [-0.2, 0) is 16.2 Å². The second kappa shape index (κ2) is 22.5. The van der Waals surface area contributed by atoms with Crippen molar-refractivity contribution < 1.29 is 0 Å². The van der Waals surface area contributed by atoms with Gasteiger partial charge in [-0.3, -0.25) is 0 Å². The summed E-state index contributed by atoms with van der Waals surface area (Å²) in [5.41, 5.74) is 31.8. The zero-order chi connectivity index (χ0) is 64.2. The molecule has 3 aliphatic rings. The van der Waals surface area contributed by atoms with Crippen molar-refractivity contribution in [3.05, 3.63) is 359 Å². The van der Waals surface area contributed by atoms with Crippen molar-refractivity contribution in [2.45, 2.75) is 57.8 Å². The molecule has 0 spiro atoms. The normalized spacial score (nSPS) is 14.2. The first-order valence-electron chi connectivity index (χ1n) is 33.4. The van der Waals surface area contributed by atoms with Crippen LogP contribution in [0.15, 0.2) is 303 Å². The summed E-state index contributed by atoms with van der Waals surface area (Å²) < 4.78 is 0. The van der Waals surface area contributed by atoms with E-state index in [1.54, 1.807) is 0 Å². The number of hydrogen-bond acceptors (Lipinski definition) is 2. The van der Waals surface area contributed by atoms with Crippen molar-refractivity contribution in [2.75, 3.05) is 9.80 Å². The van der Waals surface area contributed by atoms with E-state index in [0.29, 0.717) is 0 Å². The SMILES string of the molecule is CC1(C)c2cc(C=Cc3ccc4c(c3)C(C)(C)c3cc(N(c5cccc(-c6ccccc6)c5)c5ccc6ccccc6c5)ccc3-4)ccc2-c2ccc(C=Cc3ccc4c(c3)C(C)(C)c3cc(N(c5cccc(-c6ccccc6)c5)c5ccc6ccccc6c5)ccc3-4)cc21. The highest BCUT2D eigenvalue weighted by Crippen LogP contribution is 2.55. The largest absolute Gasteiger partial charge is 0.310 e. The number of fused-ring (bicyclic) bond motifs is 11. The Labute approximate surface area is 558 Å². The van der Waals surface area contributed by atoms with Crippen molar-refractivity contribution in [1.29, 1.82) is 0 Å². The fourth-order valence-corrected chi connectivity index (χ4v) is 15.8. The first-order chi connectivity index (χ1) is 46.3. The minimum absolute atomic E-state index is 0.175. The predicted octanol–water partition coefficient (Wildman–Crippen LogP) is 25.5. The topological polar surface area (TPSA) is 6.48 Å². The Morgan fingerprint density at radius 3 is 0.811 bits per heavy atom. The Kier molecular flexibility index (Phi) is 13.6. The van der Waals surface area contributed by atoms with Crippen LogP contribution in [-0.4, -0.2) is 0 Å². The molecule has 0 unspecified atom stereocenters. The van der Waals surface area contributed by atoms with E-state index in [-0.39, 0.29) is 16.2 Å². The summed E-state index contributed by atoms with van der Waals surface area (Å²) in [6, 6.07) is 113. The standard InChI is InChI=1S/C93H72N2/c1-91(2)85-51-61(31-33-63-37-47-81-83-49-43-77(59-89(83)92(3,4)87(81)53-63)94(75-41-39-67-23-13-15-25-69(67)57-75)73-29-17-27-71(55-73)65-19-9-7-10-20-65)35-45-79(85)80-46-36-62(52-86(80)91)32-34-64-38-48-82-84-50-44-78(60-90(84)93(5,6)88(82)54-64)95(76-42-40-68-24-14-16-26-70(68)58-76)74-30-18-28-72(56-74)66-21-11-8-12-22-66/h7-60H,1-6H3. The maximum Gasteiger partial charge on any atom is 0.0468 e. The van der Waals surface area contributed by atoms with Crippen LogP contribution in [0.5, 0.6) is 0 Å². The van der Waals surface area contributed by atoms with Gasteiger partial charge in [0.25, 0.3) is 0 Å². The lowest BCUT2D eigenvalue weighted by molar-refractivity contribution is 0.660. The van der Waals surface area contributed by atoms with E-state index in [2.05, 4.69) is 379 Å². The quantitative estimate of drug-likeness (QED) is 0.113. The van der Waals surface area contributed by atoms with Crippen LogP contribution >= 0.6 is 0 Å². The highest BCUT2D eigenvalue weighted by atomic mass is 15.1. The Bertz CT molecular complexity index is 5130. The molecule has 14 aromatic carbocycles. The predicted molar refractivity (Wildman–Crippen MR) is 405 cm³/mol. The molecule has 0 saturated heterocycles. The van der Waals surface area contributed by atoms with Crippen molar-refractivity contribution >= 4 is 80.0 Å². The van der Waals surface area contributed by atoms with E-state index >= 15 is 0 Å². The van der Waals surface area contributed by atoms with Crippen LogP contribution in [0.2, 0.25) is 0 Å². The molecule has 0 N–H and O–H groups in total. The highest BCUT2D eigenvalue weighted by molar-refractivity contribution is 5.95. The summed E-state index contributed by atoms with van der Waals surface area (Å²) in [6.07, 6.45) is 9.21. The molecule has 0 aliphatic heterocycles. The zero-order valence-corrected chi connectivity index (χ0v) is 54.6. The maximum atomic E-state index is 2.44. The minimum atomic E-state index is -0.222. The van der Waals surface area contributed by atoms with E-state index in [1.807, 2.05) is 0 Å². The second-order valence-electron chi connectivity index (χ2n) is 27.8. The Morgan fingerprint density at radius 2 is 0.463 bits per heavy atom. The van der Waals surface area contributed by atoms with Gasteiger partial charge in [0.1, 0.15) is 0 Å². The Hall–Kier alpha value is -11.3. The third kappa shape index (κ3) is 9.94. The fourth-order valence-electron chi connectivity index (χ4n) is 15.8. The molecule has 95 heavy (non-hydrogen) atoms. The van der Waals surface area contributed by atoms with E-state index in [9.17, 15) is 0 Å². The lowest BCUT2D eigenvalue weighted by Gasteiger charge is -2.28. The number of rotatable bonds is 12. The molecule has 0 atom stereocenters. The third-order valence-corrected chi connectivity index (χ3v) is 20.9. The summed E-state index contributed by atoms with van der Waals surface area (Å²) in [5, 5.41) is 4.91. The average molecular weight is 1220 g/mol. The molecule has 0 fully saturated rings. The molecule has 0 bridgehead atoms. The van der Waals surface area contributed by atoms with E-state index in [1.165, 1.54) is 133 Å². The first-order valence-corrected chi connectivity index (χ1v) is 33.4. The summed E-state index contributed by atoms with van der Waals surface area (Å²) in [7, 11) is 0. The molecule has 14 aromatic rings. The van der Waals surface area contributed by atoms with Gasteiger partial charge in [-0.25, -0.2) is 0 Å². The van der Waals surface area contributed by atoms with Crippen molar-refractivity contribution in [2.24, 2.45) is 0 Å². The summed E-state index contributed by atoms with van der Waals surface area (Å²) in [4.78, 5) is 4.86. The summed E-state index contributed by atoms with van der Waals surface area (Å²) in [5.74, 6) is 0. The average Bonchev–Trinajstić information content (AvgIpc) is 1.60. The van der Waals surface area contributed by atoms with Crippen LogP contribution in [0.25, 0.3) is 101 Å². The van der Waals surface area contributed by atoms with E-state index in [0.717, 1.165) is 34.1 Å². The summed E-state index contributed by atoms with van der Waals surface area (Å²) >= 11 is 0. The third-order valence-electron chi connectivity index (χ3n) is 20.9. The number of benzene rings is 14. The molecule has 2 nitrogen and oxygen atoms in total. The Balaban J connectivity index is 0.617. The maximum absolute atomic E-state index is 2.44. The molecule has 0 heterocycles. The van der Waals surface area contributed by atoms with Crippen LogP contribution in [0.4, 0.5) is 34.1 Å². The molecule has 0 saturated carbocycles. The highest BCUT2D eigenvalue weighted by Gasteiger charge is 2.39. The van der Waals surface area contributed by atoms with E-state index < -0.39 is 0 Å². The zero-order valence-electron chi connectivity index (χ0n) is 54.6. The molecule has 454 valence electrons. The molecule has 3 aliphatic carbocycles. The summed E-state index contributed by atoms with van der Waals surface area (Å²) in [6.45, 7) is 14.3. The van der Waals surface area contributed by atoms with Crippen molar-refractivity contribution in [3.63, 3.8) is 0 Å². The molecule has 2 heteroatoms. The van der Waals surface area contributed by atoms with E-state index in [4.69, 9.17) is 0 Å². The van der Waals surface area contributed by atoms with Gasteiger partial charge in [-0.05, 0) is 206 Å². The minimum Gasteiger partial charge on any atom is -0.310 e. The first kappa shape index (κ1) is 57.6. The van der Waals surface area contributed by atoms with Gasteiger partial charge >= 0.3 is 0 Å². The van der Waals surface area contributed by atoms with Crippen LogP contribution < -0.4 is 9.80 Å². The molecule has 0 amide bonds. The van der Waals surface area contributed by atoms with Gasteiger partial charge in [0, 0.05) is 50.4 Å². The van der Waals surface area contributed by atoms with Gasteiger partial charge in [0.05, 0.1) is 0 Å². The molecular weight excluding hydrogens is 1150 g/mol. The Morgan fingerprint density at radius 1 is 0.200 bits per heavy atom. The smallest absolute Gasteiger partial charge is 0.0468 e. The number of hydrogen-bond donors (Lipinski definition) is 0. The van der Waals surface area contributed by atoms with Gasteiger partial charge in [-0.2, -0.15) is 0 Å². The van der Waals surface area contributed by atoms with Gasteiger partial charge in [-0.15, -0.1) is 0 Å². The number of anilines is 6. The molecule has 0 radical (unpaired) electrons. The molecule has 0 aromatic heterocycles. The fraction of sp³-hybridized carbons (Fsp3) is 0.0968.